The molecule has 0 spiro atoms. The Morgan fingerprint density at radius 3 is 2.50 bits per heavy atom. The monoisotopic (exact) mass is 293 g/mol. The molecule has 1 aliphatic rings. The van der Waals surface area contributed by atoms with Crippen LogP contribution in [-0.2, 0) is 4.79 Å². The smallest absolute Gasteiger partial charge is 0.335 e. The van der Waals surface area contributed by atoms with Gasteiger partial charge >= 0.3 is 11.8 Å². The summed E-state index contributed by atoms with van der Waals surface area (Å²) in [6.45, 7) is 1.46. The minimum atomic E-state index is -1.05. The SMILES string of the molecule is C[O+]=C1c2ccccc2C(=O)C(Cl)C1/C=C(/C)C(=O)O. The highest BCUT2D eigenvalue weighted by Crippen LogP contribution is 2.31. The molecule has 104 valence electrons. The van der Waals surface area contributed by atoms with Crippen LogP contribution in [-0.4, -0.2) is 35.1 Å². The van der Waals surface area contributed by atoms with Crippen molar-refractivity contribution < 1.29 is 19.1 Å². The van der Waals surface area contributed by atoms with Crippen molar-refractivity contribution in [2.75, 3.05) is 7.11 Å². The van der Waals surface area contributed by atoms with Gasteiger partial charge in [-0.3, -0.25) is 9.22 Å². The second kappa shape index (κ2) is 5.59. The van der Waals surface area contributed by atoms with E-state index in [1.165, 1.54) is 20.1 Å². The van der Waals surface area contributed by atoms with E-state index in [0.29, 0.717) is 16.9 Å². The first-order chi connectivity index (χ1) is 9.47. The number of carbonyl (C=O) groups is 2. The highest BCUT2D eigenvalue weighted by molar-refractivity contribution is 6.39. The summed E-state index contributed by atoms with van der Waals surface area (Å²) >= 11 is 6.20. The molecule has 0 fully saturated rings. The average Bonchev–Trinajstić information content (AvgIpc) is 2.44. The molecule has 5 heteroatoms. The number of allylic oxidation sites excluding steroid dienone is 1. The topological polar surface area (TPSA) is 65.7 Å². The largest absolute Gasteiger partial charge is 0.478 e. The summed E-state index contributed by atoms with van der Waals surface area (Å²) in [5, 5.41) is 8.11. The van der Waals surface area contributed by atoms with Crippen LogP contribution in [0.25, 0.3) is 0 Å². The third kappa shape index (κ3) is 2.39. The highest BCUT2D eigenvalue weighted by Gasteiger charge is 2.44. The van der Waals surface area contributed by atoms with Gasteiger partial charge in [-0.05, 0) is 13.0 Å². The summed E-state index contributed by atoms with van der Waals surface area (Å²) in [6, 6.07) is 7.01. The molecule has 2 rings (SSSR count). The van der Waals surface area contributed by atoms with Crippen molar-refractivity contribution in [3.05, 3.63) is 47.0 Å². The lowest BCUT2D eigenvalue weighted by atomic mass is 9.80. The Balaban J connectivity index is 2.58. The van der Waals surface area contributed by atoms with E-state index in [2.05, 4.69) is 0 Å². The van der Waals surface area contributed by atoms with Gasteiger partial charge in [0.2, 0.25) is 0 Å². The zero-order valence-electron chi connectivity index (χ0n) is 11.1. The fraction of sp³-hybridized carbons (Fsp3) is 0.267. The van der Waals surface area contributed by atoms with Gasteiger partial charge < -0.3 is 5.11 Å². The predicted molar refractivity (Wildman–Crippen MR) is 75.6 cm³/mol. The summed E-state index contributed by atoms with van der Waals surface area (Å²) in [7, 11) is 1.49. The van der Waals surface area contributed by atoms with Crippen molar-refractivity contribution in [1.82, 2.24) is 0 Å². The molecule has 2 unspecified atom stereocenters. The number of aliphatic carboxylic acids is 1. The second-order valence-corrected chi connectivity index (χ2v) is 5.03. The van der Waals surface area contributed by atoms with Crippen molar-refractivity contribution in [3.8, 4) is 0 Å². The molecule has 0 saturated carbocycles. The number of Topliss-reactive ketones (excluding diaryl/α,β-unsaturated/α-hetero) is 1. The molecule has 1 N–H and O–H groups in total. The molecule has 0 aliphatic heterocycles. The van der Waals surface area contributed by atoms with Gasteiger partial charge in [0.25, 0.3) is 7.11 Å². The number of carboxylic acids is 1. The number of fused-ring (bicyclic) bond motifs is 1. The van der Waals surface area contributed by atoms with Crippen LogP contribution in [0.2, 0.25) is 0 Å². The Morgan fingerprint density at radius 1 is 1.35 bits per heavy atom. The molecule has 20 heavy (non-hydrogen) atoms. The molecule has 1 aliphatic carbocycles. The number of ketones is 2. The Hall–Kier alpha value is -1.94. The Bertz CT molecular complexity index is 631. The van der Waals surface area contributed by atoms with Gasteiger partial charge in [-0.2, -0.15) is 0 Å². The van der Waals surface area contributed by atoms with Crippen LogP contribution in [0.4, 0.5) is 0 Å². The molecule has 0 aromatic heterocycles. The van der Waals surface area contributed by atoms with E-state index < -0.39 is 17.3 Å². The van der Waals surface area contributed by atoms with E-state index in [4.69, 9.17) is 21.1 Å². The number of alkyl halides is 1. The Kier molecular flexibility index (Phi) is 4.04. The second-order valence-electron chi connectivity index (χ2n) is 4.56. The van der Waals surface area contributed by atoms with Gasteiger partial charge in [-0.15, -0.1) is 11.6 Å². The van der Waals surface area contributed by atoms with Crippen LogP contribution in [0, 0.1) is 5.92 Å². The fourth-order valence-corrected chi connectivity index (χ4v) is 2.59. The first kappa shape index (κ1) is 14.5. The van der Waals surface area contributed by atoms with Crippen LogP contribution >= 0.6 is 11.6 Å². The van der Waals surface area contributed by atoms with Gasteiger partial charge in [0.05, 0.1) is 5.56 Å². The molecule has 0 radical (unpaired) electrons. The molecule has 1 aromatic rings. The lowest BCUT2D eigenvalue weighted by molar-refractivity contribution is -0.227. The van der Waals surface area contributed by atoms with E-state index in [9.17, 15) is 9.59 Å². The maximum atomic E-state index is 12.3. The number of hydrogen-bond acceptors (Lipinski definition) is 2. The molecule has 0 bridgehead atoms. The van der Waals surface area contributed by atoms with E-state index in [1.807, 2.05) is 0 Å². The zero-order valence-corrected chi connectivity index (χ0v) is 11.8. The normalized spacial score (nSPS) is 24.6. The molecular formula is C15H14ClO4+. The lowest BCUT2D eigenvalue weighted by Crippen LogP contribution is -2.37. The van der Waals surface area contributed by atoms with Gasteiger partial charge in [-0.25, -0.2) is 4.79 Å². The van der Waals surface area contributed by atoms with Crippen molar-refractivity contribution in [3.63, 3.8) is 0 Å². The van der Waals surface area contributed by atoms with Gasteiger partial charge in [0.1, 0.15) is 11.3 Å². The summed E-state index contributed by atoms with van der Waals surface area (Å²) in [5.41, 5.74) is 1.29. The van der Waals surface area contributed by atoms with Gasteiger partial charge in [0.15, 0.2) is 5.78 Å². The maximum absolute atomic E-state index is 12.3. The van der Waals surface area contributed by atoms with Crippen LogP contribution in [0.15, 0.2) is 35.9 Å². The van der Waals surface area contributed by atoms with Crippen LogP contribution in [0.5, 0.6) is 0 Å². The first-order valence-electron chi connectivity index (χ1n) is 6.07. The van der Waals surface area contributed by atoms with Crippen LogP contribution < -0.4 is 0 Å². The van der Waals surface area contributed by atoms with E-state index in [0.717, 1.165) is 0 Å². The third-order valence-corrected chi connectivity index (χ3v) is 3.78. The summed E-state index contributed by atoms with van der Waals surface area (Å²) < 4.78 is 5.37. The van der Waals surface area contributed by atoms with Crippen LogP contribution in [0.1, 0.15) is 27.3 Å². The van der Waals surface area contributed by atoms with E-state index in [-0.39, 0.29) is 11.4 Å². The van der Waals surface area contributed by atoms with Crippen molar-refractivity contribution in [1.29, 1.82) is 0 Å². The quantitative estimate of drug-likeness (QED) is 0.517. The van der Waals surface area contributed by atoms with E-state index in [1.54, 1.807) is 24.3 Å². The van der Waals surface area contributed by atoms with Gasteiger partial charge in [-0.1, -0.05) is 24.3 Å². The number of rotatable bonds is 2. The molecule has 2 atom stereocenters. The highest BCUT2D eigenvalue weighted by atomic mass is 35.5. The average molecular weight is 294 g/mol. The molecule has 0 amide bonds. The number of benzene rings is 1. The molecule has 4 nitrogen and oxygen atoms in total. The lowest BCUT2D eigenvalue weighted by Gasteiger charge is -2.21. The van der Waals surface area contributed by atoms with E-state index >= 15 is 0 Å². The third-order valence-electron chi connectivity index (χ3n) is 3.31. The fourth-order valence-electron chi connectivity index (χ4n) is 2.28. The number of carbonyl (C=O) groups excluding carboxylic acids is 2. The molecule has 0 saturated heterocycles. The first-order valence-corrected chi connectivity index (χ1v) is 6.51. The van der Waals surface area contributed by atoms with Gasteiger partial charge in [0, 0.05) is 11.1 Å². The molecule has 1 aromatic carbocycles. The predicted octanol–water partition coefficient (Wildman–Crippen LogP) is 2.49. The van der Waals surface area contributed by atoms with Crippen molar-refractivity contribution in [2.24, 2.45) is 5.92 Å². The molecular weight excluding hydrogens is 280 g/mol. The van der Waals surface area contributed by atoms with Crippen molar-refractivity contribution >= 4 is 29.1 Å². The van der Waals surface area contributed by atoms with Crippen LogP contribution in [0.3, 0.4) is 0 Å². The number of carboxylic acid groups (broad SMARTS) is 1. The standard InChI is InChI=1S/C15H13ClO4/c1-8(15(18)19)7-11-12(16)13(17)9-5-3-4-6-10(9)14(11)20-2/h3-7,11-12H,1-2H3/p+1/b8-7-. The Morgan fingerprint density at radius 2 is 1.95 bits per heavy atom. The summed E-state index contributed by atoms with van der Waals surface area (Å²) in [4.78, 5) is 23.2. The summed E-state index contributed by atoms with van der Waals surface area (Å²) in [5.74, 6) is -1.33. The van der Waals surface area contributed by atoms with Crippen molar-refractivity contribution in [2.45, 2.75) is 12.3 Å². The minimum Gasteiger partial charge on any atom is -0.478 e. The Labute approximate surface area is 121 Å². The molecule has 0 heterocycles. The minimum absolute atomic E-state index is 0.127. The number of hydrogen-bond donors (Lipinski definition) is 1. The maximum Gasteiger partial charge on any atom is 0.335 e. The summed E-state index contributed by atoms with van der Waals surface area (Å²) in [6.07, 6.45) is 1.46. The number of halogens is 1. The zero-order chi connectivity index (χ0) is 14.9.